The number of carbonyl (C=O) groups excluding carboxylic acids is 2. The van der Waals surface area contributed by atoms with E-state index in [2.05, 4.69) is 5.32 Å². The molecule has 0 saturated heterocycles. The molecular weight excluding hydrogens is 316 g/mol. The van der Waals surface area contributed by atoms with E-state index < -0.39 is 24.0 Å². The van der Waals surface area contributed by atoms with Crippen LogP contribution in [0, 0.1) is 5.92 Å². The van der Waals surface area contributed by atoms with Gasteiger partial charge in [0.05, 0.1) is 12.5 Å². The predicted molar refractivity (Wildman–Crippen MR) is 96.5 cm³/mol. The van der Waals surface area contributed by atoms with Crippen molar-refractivity contribution in [2.75, 3.05) is 6.61 Å². The van der Waals surface area contributed by atoms with Crippen LogP contribution in [0.2, 0.25) is 0 Å². The Morgan fingerprint density at radius 1 is 1.00 bits per heavy atom. The average Bonchev–Trinajstić information content (AvgIpc) is 2.66. The van der Waals surface area contributed by atoms with Gasteiger partial charge in [0.1, 0.15) is 0 Å². The second-order valence-electron chi connectivity index (χ2n) is 5.83. The zero-order valence-electron chi connectivity index (χ0n) is 14.5. The number of nitrogens with two attached hydrogens (primary N) is 1. The molecule has 2 unspecified atom stereocenters. The lowest BCUT2D eigenvalue weighted by Gasteiger charge is -2.23. The summed E-state index contributed by atoms with van der Waals surface area (Å²) in [5, 5.41) is 2.77. The Kier molecular flexibility index (Phi) is 6.71. The molecule has 0 radical (unpaired) electrons. The Balaban J connectivity index is 2.14. The number of ether oxygens (including phenoxy) is 1. The molecule has 0 heterocycles. The van der Waals surface area contributed by atoms with E-state index >= 15 is 0 Å². The molecule has 2 rings (SSSR count). The average molecular weight is 340 g/mol. The van der Waals surface area contributed by atoms with Crippen LogP contribution in [0.25, 0.3) is 0 Å². The van der Waals surface area contributed by atoms with Gasteiger partial charge in [-0.25, -0.2) is 4.79 Å². The van der Waals surface area contributed by atoms with E-state index in [0.717, 1.165) is 5.56 Å². The van der Waals surface area contributed by atoms with Gasteiger partial charge in [-0.2, -0.15) is 0 Å². The Morgan fingerprint density at radius 2 is 1.52 bits per heavy atom. The molecule has 3 N–H and O–H groups in total. The van der Waals surface area contributed by atoms with E-state index in [1.54, 1.807) is 26.0 Å². The molecule has 132 valence electrons. The molecule has 25 heavy (non-hydrogen) atoms. The van der Waals surface area contributed by atoms with Crippen molar-refractivity contribution in [2.45, 2.75) is 25.9 Å². The fourth-order valence-electron chi connectivity index (χ4n) is 2.55. The summed E-state index contributed by atoms with van der Waals surface area (Å²) in [6, 6.07) is 17.2. The molecule has 0 aliphatic rings. The first-order valence-corrected chi connectivity index (χ1v) is 8.37. The SMILES string of the molecule is CCOC(=O)[C@H](NC(=O)C(C)C(N)c1ccccc1)c1ccccc1. The first kappa shape index (κ1) is 18.7. The normalized spacial score (nSPS) is 14.2. The Labute approximate surface area is 148 Å². The number of esters is 1. The van der Waals surface area contributed by atoms with Crippen molar-refractivity contribution in [3.63, 3.8) is 0 Å². The molecule has 2 aromatic rings. The van der Waals surface area contributed by atoms with Crippen LogP contribution in [-0.2, 0) is 14.3 Å². The summed E-state index contributed by atoms with van der Waals surface area (Å²) in [4.78, 5) is 24.9. The van der Waals surface area contributed by atoms with Gasteiger partial charge in [-0.15, -0.1) is 0 Å². The second-order valence-corrected chi connectivity index (χ2v) is 5.83. The minimum Gasteiger partial charge on any atom is -0.464 e. The molecule has 0 spiro atoms. The molecule has 5 nitrogen and oxygen atoms in total. The topological polar surface area (TPSA) is 81.4 Å². The van der Waals surface area contributed by atoms with Crippen molar-refractivity contribution in [3.05, 3.63) is 71.8 Å². The summed E-state index contributed by atoms with van der Waals surface area (Å²) in [7, 11) is 0. The van der Waals surface area contributed by atoms with Gasteiger partial charge in [-0.3, -0.25) is 4.79 Å². The van der Waals surface area contributed by atoms with Gasteiger partial charge >= 0.3 is 5.97 Å². The Hall–Kier alpha value is -2.66. The standard InChI is InChI=1S/C20H24N2O3/c1-3-25-20(24)18(16-12-8-5-9-13-16)22-19(23)14(2)17(21)15-10-6-4-7-11-15/h4-14,17-18H,3,21H2,1-2H3,(H,22,23)/t14?,17?,18-/m1/s1. The molecule has 0 saturated carbocycles. The van der Waals surface area contributed by atoms with Gasteiger partial charge in [-0.1, -0.05) is 67.6 Å². The maximum atomic E-state index is 12.7. The number of carbonyl (C=O) groups is 2. The third kappa shape index (κ3) is 4.90. The molecule has 2 aromatic carbocycles. The Bertz CT molecular complexity index is 689. The van der Waals surface area contributed by atoms with Crippen LogP contribution in [0.1, 0.15) is 37.1 Å². The number of benzene rings is 2. The second kappa shape index (κ2) is 8.99. The number of nitrogens with one attached hydrogen (secondary N) is 1. The highest BCUT2D eigenvalue weighted by Crippen LogP contribution is 2.21. The molecule has 0 aliphatic heterocycles. The van der Waals surface area contributed by atoms with E-state index in [1.165, 1.54) is 0 Å². The maximum absolute atomic E-state index is 12.7. The van der Waals surface area contributed by atoms with Crippen LogP contribution in [0.3, 0.4) is 0 Å². The predicted octanol–water partition coefficient (Wildman–Crippen LogP) is 2.74. The zero-order valence-corrected chi connectivity index (χ0v) is 14.5. The number of amides is 1. The third-order valence-electron chi connectivity index (χ3n) is 4.08. The first-order valence-electron chi connectivity index (χ1n) is 8.37. The van der Waals surface area contributed by atoms with Crippen molar-refractivity contribution < 1.29 is 14.3 Å². The number of hydrogen-bond acceptors (Lipinski definition) is 4. The third-order valence-corrected chi connectivity index (χ3v) is 4.08. The molecule has 3 atom stereocenters. The largest absolute Gasteiger partial charge is 0.464 e. The summed E-state index contributed by atoms with van der Waals surface area (Å²) in [6.45, 7) is 3.73. The van der Waals surface area contributed by atoms with Crippen LogP contribution in [-0.4, -0.2) is 18.5 Å². The summed E-state index contributed by atoms with van der Waals surface area (Å²) in [6.07, 6.45) is 0. The van der Waals surface area contributed by atoms with Crippen LogP contribution >= 0.6 is 0 Å². The molecule has 0 aliphatic carbocycles. The molecule has 0 bridgehead atoms. The molecule has 0 aromatic heterocycles. The van der Waals surface area contributed by atoms with Crippen LogP contribution in [0.5, 0.6) is 0 Å². The number of rotatable bonds is 7. The maximum Gasteiger partial charge on any atom is 0.333 e. The fraction of sp³-hybridized carbons (Fsp3) is 0.300. The first-order chi connectivity index (χ1) is 12.0. The highest BCUT2D eigenvalue weighted by molar-refractivity contribution is 5.87. The highest BCUT2D eigenvalue weighted by atomic mass is 16.5. The summed E-state index contributed by atoms with van der Waals surface area (Å²) in [5.74, 6) is -1.27. The van der Waals surface area contributed by atoms with Crippen LogP contribution in [0.15, 0.2) is 60.7 Å². The molecule has 0 fully saturated rings. The fourth-order valence-corrected chi connectivity index (χ4v) is 2.55. The lowest BCUT2D eigenvalue weighted by molar-refractivity contribution is -0.148. The van der Waals surface area contributed by atoms with E-state index in [9.17, 15) is 9.59 Å². The van der Waals surface area contributed by atoms with E-state index in [-0.39, 0.29) is 12.5 Å². The summed E-state index contributed by atoms with van der Waals surface area (Å²) in [5.41, 5.74) is 7.76. The van der Waals surface area contributed by atoms with Crippen molar-refractivity contribution >= 4 is 11.9 Å². The smallest absolute Gasteiger partial charge is 0.333 e. The van der Waals surface area contributed by atoms with Crippen LogP contribution in [0.4, 0.5) is 0 Å². The van der Waals surface area contributed by atoms with E-state index in [1.807, 2.05) is 48.5 Å². The van der Waals surface area contributed by atoms with Crippen LogP contribution < -0.4 is 11.1 Å². The summed E-state index contributed by atoms with van der Waals surface area (Å²) < 4.78 is 5.10. The van der Waals surface area contributed by atoms with Crippen molar-refractivity contribution in [2.24, 2.45) is 11.7 Å². The van der Waals surface area contributed by atoms with Gasteiger partial charge in [0, 0.05) is 6.04 Å². The summed E-state index contributed by atoms with van der Waals surface area (Å²) >= 11 is 0. The quantitative estimate of drug-likeness (QED) is 0.759. The zero-order chi connectivity index (χ0) is 18.2. The van der Waals surface area contributed by atoms with Gasteiger partial charge in [-0.05, 0) is 18.1 Å². The minimum absolute atomic E-state index is 0.247. The minimum atomic E-state index is -0.848. The van der Waals surface area contributed by atoms with Crippen molar-refractivity contribution in [1.82, 2.24) is 5.32 Å². The molecule has 5 heteroatoms. The van der Waals surface area contributed by atoms with Crippen molar-refractivity contribution in [1.29, 1.82) is 0 Å². The van der Waals surface area contributed by atoms with Gasteiger partial charge in [0.2, 0.25) is 5.91 Å². The lowest BCUT2D eigenvalue weighted by Crippen LogP contribution is -2.41. The number of hydrogen-bond donors (Lipinski definition) is 2. The van der Waals surface area contributed by atoms with Gasteiger partial charge < -0.3 is 15.8 Å². The lowest BCUT2D eigenvalue weighted by atomic mass is 9.94. The van der Waals surface area contributed by atoms with E-state index in [4.69, 9.17) is 10.5 Å². The molecular formula is C20H24N2O3. The van der Waals surface area contributed by atoms with Gasteiger partial charge in [0.25, 0.3) is 0 Å². The Morgan fingerprint density at radius 3 is 2.04 bits per heavy atom. The molecule has 1 amide bonds. The highest BCUT2D eigenvalue weighted by Gasteiger charge is 2.28. The van der Waals surface area contributed by atoms with E-state index in [0.29, 0.717) is 5.56 Å². The monoisotopic (exact) mass is 340 g/mol. The van der Waals surface area contributed by atoms with Gasteiger partial charge in [0.15, 0.2) is 6.04 Å². The van der Waals surface area contributed by atoms with Crippen molar-refractivity contribution in [3.8, 4) is 0 Å².